The van der Waals surface area contributed by atoms with Crippen molar-refractivity contribution in [2.75, 3.05) is 20.7 Å². The van der Waals surface area contributed by atoms with Gasteiger partial charge in [0.1, 0.15) is 5.60 Å². The zero-order valence-electron chi connectivity index (χ0n) is 14.8. The monoisotopic (exact) mass is 397 g/mol. The number of carbonyl (C=O) groups excluding carboxylic acids is 1. The number of para-hydroxylation sites is 1. The molecule has 0 N–H and O–H groups in total. The molecule has 0 saturated carbocycles. The van der Waals surface area contributed by atoms with Gasteiger partial charge in [-0.25, -0.2) is 4.79 Å². The highest BCUT2D eigenvalue weighted by Crippen LogP contribution is 2.28. The summed E-state index contributed by atoms with van der Waals surface area (Å²) < 4.78 is 13.7. The molecule has 0 aliphatic heterocycles. The van der Waals surface area contributed by atoms with E-state index >= 15 is 0 Å². The first-order valence-electron chi connectivity index (χ1n) is 7.86. The number of carbonyl (C=O) groups is 1. The molecular weight excluding hydrogens is 374 g/mol. The molecule has 2 rings (SSSR count). The first-order valence-corrected chi connectivity index (χ1v) is 8.65. The van der Waals surface area contributed by atoms with E-state index in [1.807, 2.05) is 43.5 Å². The Bertz CT molecular complexity index is 722. The number of nitrogens with zero attached hydrogens (tertiary/aromatic N) is 3. The molecule has 0 saturated heterocycles. The van der Waals surface area contributed by atoms with Gasteiger partial charge in [-0.1, -0.05) is 6.07 Å². The van der Waals surface area contributed by atoms with Crippen molar-refractivity contribution in [3.63, 3.8) is 0 Å². The number of aryl methyl sites for hydroxylation is 1. The second kappa shape index (κ2) is 7.42. The second-order valence-corrected chi connectivity index (χ2v) is 7.47. The Balaban J connectivity index is 2.05. The number of ether oxygens (including phenoxy) is 2. The molecule has 0 bridgehead atoms. The normalized spacial score (nSPS) is 11.6. The van der Waals surface area contributed by atoms with E-state index in [1.54, 1.807) is 19.1 Å². The van der Waals surface area contributed by atoms with Crippen molar-refractivity contribution in [1.82, 2.24) is 14.5 Å². The third-order valence-corrected chi connectivity index (χ3v) is 4.09. The van der Waals surface area contributed by atoms with E-state index in [2.05, 4.69) is 20.9 Å². The quantitative estimate of drug-likeness (QED) is 0.762. The van der Waals surface area contributed by atoms with Crippen LogP contribution in [0.5, 0.6) is 6.01 Å². The van der Waals surface area contributed by atoms with Crippen LogP contribution in [-0.2, 0) is 11.3 Å². The number of aromatic nitrogens is 2. The Morgan fingerprint density at radius 1 is 1.38 bits per heavy atom. The van der Waals surface area contributed by atoms with Crippen molar-refractivity contribution < 1.29 is 14.3 Å². The zero-order valence-corrected chi connectivity index (χ0v) is 16.4. The summed E-state index contributed by atoms with van der Waals surface area (Å²) in [5.41, 5.74) is 1.39. The molecule has 0 fully saturated rings. The van der Waals surface area contributed by atoms with Crippen LogP contribution in [-0.4, -0.2) is 46.8 Å². The zero-order chi connectivity index (χ0) is 17.9. The molecule has 0 radical (unpaired) electrons. The van der Waals surface area contributed by atoms with Crippen molar-refractivity contribution in [3.05, 3.63) is 22.7 Å². The highest BCUT2D eigenvalue weighted by Gasteiger charge is 2.19. The Morgan fingerprint density at radius 2 is 2.08 bits per heavy atom. The Morgan fingerprint density at radius 3 is 2.71 bits per heavy atom. The molecule has 0 spiro atoms. The molecular formula is C17H24BrN3O3. The van der Waals surface area contributed by atoms with Gasteiger partial charge in [0.25, 0.3) is 6.01 Å². The van der Waals surface area contributed by atoms with Crippen LogP contribution in [0, 0.1) is 0 Å². The van der Waals surface area contributed by atoms with E-state index < -0.39 is 5.60 Å². The molecule has 24 heavy (non-hydrogen) atoms. The molecule has 7 heteroatoms. The van der Waals surface area contributed by atoms with Gasteiger partial charge in [-0.3, -0.25) is 4.57 Å². The van der Waals surface area contributed by atoms with Crippen molar-refractivity contribution >= 4 is 33.1 Å². The van der Waals surface area contributed by atoms with Crippen molar-refractivity contribution in [1.29, 1.82) is 0 Å². The number of benzene rings is 1. The second-order valence-electron chi connectivity index (χ2n) is 6.61. The number of fused-ring (bicyclic) bond motifs is 1. The first kappa shape index (κ1) is 18.6. The summed E-state index contributed by atoms with van der Waals surface area (Å²) in [6.07, 6.45) is 0.449. The molecule has 1 aromatic carbocycles. The smallest absolute Gasteiger partial charge is 0.410 e. The summed E-state index contributed by atoms with van der Waals surface area (Å²) in [6, 6.07) is 6.44. The lowest BCUT2D eigenvalue weighted by atomic mass is 10.2. The minimum absolute atomic E-state index is 0.314. The molecule has 1 heterocycles. The van der Waals surface area contributed by atoms with Gasteiger partial charge in [0, 0.05) is 24.6 Å². The van der Waals surface area contributed by atoms with Gasteiger partial charge in [0.2, 0.25) is 0 Å². The minimum Gasteiger partial charge on any atom is -0.468 e. The molecule has 6 nitrogen and oxygen atoms in total. The van der Waals surface area contributed by atoms with Gasteiger partial charge < -0.3 is 14.4 Å². The van der Waals surface area contributed by atoms with E-state index in [4.69, 9.17) is 9.47 Å². The standard InChI is InChI=1S/C17H24BrN3O3/c1-17(2,3)24-16(22)20(4)10-7-11-21-14-12(18)8-6-9-13(14)19-15(21)23-5/h6,8-9H,7,10-11H2,1-5H3. The number of amides is 1. The fourth-order valence-corrected chi connectivity index (χ4v) is 2.95. The van der Waals surface area contributed by atoms with Crippen molar-refractivity contribution in [2.24, 2.45) is 0 Å². The summed E-state index contributed by atoms with van der Waals surface area (Å²) in [4.78, 5) is 18.1. The lowest BCUT2D eigenvalue weighted by molar-refractivity contribution is 0.0295. The third kappa shape index (κ3) is 4.41. The lowest BCUT2D eigenvalue weighted by Gasteiger charge is -2.24. The number of hydrogen-bond acceptors (Lipinski definition) is 4. The van der Waals surface area contributed by atoms with Crippen LogP contribution in [0.25, 0.3) is 11.0 Å². The van der Waals surface area contributed by atoms with Crippen molar-refractivity contribution in [2.45, 2.75) is 39.3 Å². The molecule has 1 amide bonds. The van der Waals surface area contributed by atoms with E-state index in [0.717, 1.165) is 21.9 Å². The summed E-state index contributed by atoms with van der Waals surface area (Å²) in [5.74, 6) is 0. The molecule has 0 atom stereocenters. The van der Waals surface area contributed by atoms with Gasteiger partial charge >= 0.3 is 6.09 Å². The Hall–Kier alpha value is -1.76. The number of imidazole rings is 1. The summed E-state index contributed by atoms with van der Waals surface area (Å²) >= 11 is 3.57. The Kier molecular flexibility index (Phi) is 5.74. The highest BCUT2D eigenvalue weighted by molar-refractivity contribution is 9.10. The van der Waals surface area contributed by atoms with Crippen LogP contribution < -0.4 is 4.74 Å². The predicted octanol–water partition coefficient (Wildman–Crippen LogP) is 4.06. The van der Waals surface area contributed by atoms with E-state index in [1.165, 1.54) is 0 Å². The molecule has 0 aliphatic rings. The van der Waals surface area contributed by atoms with E-state index in [0.29, 0.717) is 19.1 Å². The van der Waals surface area contributed by atoms with Crippen LogP contribution in [0.1, 0.15) is 27.2 Å². The maximum Gasteiger partial charge on any atom is 0.410 e. The largest absolute Gasteiger partial charge is 0.468 e. The van der Waals surface area contributed by atoms with Crippen LogP contribution in [0.15, 0.2) is 22.7 Å². The maximum atomic E-state index is 12.0. The third-order valence-electron chi connectivity index (χ3n) is 3.45. The van der Waals surface area contributed by atoms with Gasteiger partial charge in [0.05, 0.1) is 18.1 Å². The summed E-state index contributed by atoms with van der Waals surface area (Å²) in [7, 11) is 3.35. The van der Waals surface area contributed by atoms with Crippen LogP contribution >= 0.6 is 15.9 Å². The SMILES string of the molecule is COc1nc2cccc(Br)c2n1CCCN(C)C(=O)OC(C)(C)C. The minimum atomic E-state index is -0.486. The molecule has 0 aliphatic carbocycles. The molecule has 2 aromatic rings. The van der Waals surface area contributed by atoms with Gasteiger partial charge in [-0.15, -0.1) is 0 Å². The van der Waals surface area contributed by atoms with Gasteiger partial charge in [-0.2, -0.15) is 4.98 Å². The summed E-state index contributed by atoms with van der Waals surface area (Å²) in [5, 5.41) is 0. The van der Waals surface area contributed by atoms with Crippen LogP contribution in [0.2, 0.25) is 0 Å². The van der Waals surface area contributed by atoms with E-state index in [9.17, 15) is 4.79 Å². The molecule has 0 unspecified atom stereocenters. The van der Waals surface area contributed by atoms with Crippen LogP contribution in [0.3, 0.4) is 0 Å². The summed E-state index contributed by atoms with van der Waals surface area (Å²) in [6.45, 7) is 6.86. The van der Waals surface area contributed by atoms with Gasteiger partial charge in [0.15, 0.2) is 0 Å². The number of halogens is 1. The lowest BCUT2D eigenvalue weighted by Crippen LogP contribution is -2.35. The van der Waals surface area contributed by atoms with E-state index in [-0.39, 0.29) is 6.09 Å². The van der Waals surface area contributed by atoms with Crippen LogP contribution in [0.4, 0.5) is 4.79 Å². The Labute approximate surface area is 150 Å². The van der Waals surface area contributed by atoms with Crippen molar-refractivity contribution in [3.8, 4) is 6.01 Å². The fraction of sp³-hybridized carbons (Fsp3) is 0.529. The number of methoxy groups -OCH3 is 1. The number of hydrogen-bond donors (Lipinski definition) is 0. The first-order chi connectivity index (χ1) is 11.2. The highest BCUT2D eigenvalue weighted by atomic mass is 79.9. The topological polar surface area (TPSA) is 56.6 Å². The average Bonchev–Trinajstić information content (AvgIpc) is 2.84. The maximum absolute atomic E-state index is 12.0. The number of rotatable bonds is 5. The van der Waals surface area contributed by atoms with Gasteiger partial charge in [-0.05, 0) is 55.3 Å². The molecule has 132 valence electrons. The fourth-order valence-electron chi connectivity index (χ4n) is 2.38. The predicted molar refractivity (Wildman–Crippen MR) is 97.5 cm³/mol. The molecule has 1 aromatic heterocycles. The average molecular weight is 398 g/mol.